The summed E-state index contributed by atoms with van der Waals surface area (Å²) in [5.74, 6) is 0.443. The Balaban J connectivity index is 1.18. The molecule has 34 heavy (non-hydrogen) atoms. The highest BCUT2D eigenvalue weighted by Crippen LogP contribution is 2.19. The summed E-state index contributed by atoms with van der Waals surface area (Å²) in [4.78, 5) is 19.3. The molecule has 10 nitrogen and oxygen atoms in total. The third-order valence-electron chi connectivity index (χ3n) is 6.03. The average molecular weight is 486 g/mol. The van der Waals surface area contributed by atoms with Crippen LogP contribution in [0.2, 0.25) is 0 Å². The molecule has 0 radical (unpaired) electrons. The van der Waals surface area contributed by atoms with Crippen molar-refractivity contribution in [2.45, 2.75) is 6.61 Å². The van der Waals surface area contributed by atoms with Crippen LogP contribution in [-0.2, 0) is 21.6 Å². The summed E-state index contributed by atoms with van der Waals surface area (Å²) in [7, 11) is -3.53. The van der Waals surface area contributed by atoms with Crippen LogP contribution in [0.5, 0.6) is 5.75 Å². The number of benzene rings is 1. The number of hydrogen-bond donors (Lipinski definition) is 0. The van der Waals surface area contributed by atoms with Gasteiger partial charge in [0.25, 0.3) is 16.1 Å². The van der Waals surface area contributed by atoms with E-state index in [0.717, 1.165) is 11.3 Å². The van der Waals surface area contributed by atoms with E-state index in [-0.39, 0.29) is 25.6 Å². The lowest BCUT2D eigenvalue weighted by Crippen LogP contribution is -2.55. The number of morpholine rings is 1. The summed E-state index contributed by atoms with van der Waals surface area (Å²) >= 11 is 0. The molecule has 2 saturated heterocycles. The van der Waals surface area contributed by atoms with Crippen molar-refractivity contribution >= 4 is 21.8 Å². The maximum atomic E-state index is 13.1. The molecule has 11 heteroatoms. The third kappa shape index (κ3) is 4.78. The molecule has 5 rings (SSSR count). The molecule has 3 aromatic rings. The highest BCUT2D eigenvalue weighted by Gasteiger charge is 2.34. The number of fused-ring (bicyclic) bond motifs is 1. The van der Waals surface area contributed by atoms with Gasteiger partial charge >= 0.3 is 0 Å². The maximum absolute atomic E-state index is 13.1. The van der Waals surface area contributed by atoms with Crippen molar-refractivity contribution in [2.24, 2.45) is 0 Å². The van der Waals surface area contributed by atoms with Gasteiger partial charge in [-0.15, -0.1) is 0 Å². The lowest BCUT2D eigenvalue weighted by molar-refractivity contribution is 0.0636. The molecule has 2 aromatic heterocycles. The number of piperazine rings is 1. The van der Waals surface area contributed by atoms with E-state index in [1.54, 1.807) is 29.2 Å². The topological polar surface area (TPSA) is 96.7 Å². The van der Waals surface area contributed by atoms with E-state index < -0.39 is 10.2 Å². The first-order chi connectivity index (χ1) is 16.5. The monoisotopic (exact) mass is 485 g/mol. The molecule has 2 aliphatic heterocycles. The molecule has 0 bridgehead atoms. The Hall–Kier alpha value is -2.99. The summed E-state index contributed by atoms with van der Waals surface area (Å²) in [5.41, 5.74) is 2.15. The summed E-state index contributed by atoms with van der Waals surface area (Å²) in [5, 5.41) is 0. The number of amides is 1. The van der Waals surface area contributed by atoms with Gasteiger partial charge in [0.1, 0.15) is 18.0 Å². The number of rotatable bonds is 6. The number of carbonyl (C=O) groups excluding carboxylic acids is 1. The molecule has 4 heterocycles. The van der Waals surface area contributed by atoms with Gasteiger partial charge < -0.3 is 18.8 Å². The molecule has 0 N–H and O–H groups in total. The quantitative estimate of drug-likeness (QED) is 0.521. The SMILES string of the molecule is O=C(c1cccc(OCc2cn3ccccc3n2)c1)N1CCN(S(=O)(=O)N2CCOCC2)CC1. The van der Waals surface area contributed by atoms with Gasteiger partial charge in [0, 0.05) is 57.2 Å². The number of nitrogens with zero attached hydrogens (tertiary/aromatic N) is 5. The van der Waals surface area contributed by atoms with Crippen LogP contribution in [0.4, 0.5) is 0 Å². The van der Waals surface area contributed by atoms with Crippen LogP contribution in [0, 0.1) is 0 Å². The zero-order chi connectivity index (χ0) is 23.5. The van der Waals surface area contributed by atoms with Gasteiger partial charge in [-0.05, 0) is 30.3 Å². The third-order valence-corrected chi connectivity index (χ3v) is 8.07. The number of pyridine rings is 1. The van der Waals surface area contributed by atoms with E-state index in [1.165, 1.54) is 8.61 Å². The fourth-order valence-corrected chi connectivity index (χ4v) is 5.74. The van der Waals surface area contributed by atoms with Crippen LogP contribution in [0.25, 0.3) is 5.65 Å². The smallest absolute Gasteiger partial charge is 0.282 e. The molecule has 2 aliphatic rings. The molecule has 1 amide bonds. The van der Waals surface area contributed by atoms with Crippen LogP contribution in [0.1, 0.15) is 16.1 Å². The van der Waals surface area contributed by atoms with Crippen LogP contribution in [-0.4, -0.2) is 89.7 Å². The van der Waals surface area contributed by atoms with Gasteiger partial charge in [-0.1, -0.05) is 12.1 Å². The molecule has 1 aromatic carbocycles. The molecule has 0 aliphatic carbocycles. The number of imidazole rings is 1. The highest BCUT2D eigenvalue weighted by atomic mass is 32.2. The van der Waals surface area contributed by atoms with Gasteiger partial charge in [0.15, 0.2) is 0 Å². The van der Waals surface area contributed by atoms with Gasteiger partial charge in [0.2, 0.25) is 0 Å². The van der Waals surface area contributed by atoms with Crippen molar-refractivity contribution in [3.63, 3.8) is 0 Å². The van der Waals surface area contributed by atoms with Crippen molar-refractivity contribution in [3.8, 4) is 5.75 Å². The van der Waals surface area contributed by atoms with Crippen LogP contribution >= 0.6 is 0 Å². The summed E-state index contributed by atoms with van der Waals surface area (Å²) in [6.45, 7) is 3.07. The first-order valence-electron chi connectivity index (χ1n) is 11.3. The van der Waals surface area contributed by atoms with E-state index in [1.807, 2.05) is 35.0 Å². The first kappa shape index (κ1) is 22.8. The van der Waals surface area contributed by atoms with Crippen molar-refractivity contribution in [1.82, 2.24) is 22.9 Å². The van der Waals surface area contributed by atoms with E-state index in [0.29, 0.717) is 50.7 Å². The second-order valence-electron chi connectivity index (χ2n) is 8.23. The second kappa shape index (κ2) is 9.71. The van der Waals surface area contributed by atoms with Crippen molar-refractivity contribution in [1.29, 1.82) is 0 Å². The van der Waals surface area contributed by atoms with Gasteiger partial charge in [-0.25, -0.2) is 4.98 Å². The standard InChI is InChI=1S/C23H27N5O5S/c29-23(25-8-10-27(11-9-25)34(30,31)28-12-14-32-15-13-28)19-4-3-5-21(16-19)33-18-20-17-26-7-2-1-6-22(26)24-20/h1-7,16-17H,8-15,18H2. The van der Waals surface area contributed by atoms with Crippen LogP contribution in [0.15, 0.2) is 54.9 Å². The minimum atomic E-state index is -3.53. The van der Waals surface area contributed by atoms with E-state index in [4.69, 9.17) is 9.47 Å². The van der Waals surface area contributed by atoms with Gasteiger partial charge in [-0.2, -0.15) is 17.0 Å². The predicted molar refractivity (Wildman–Crippen MR) is 125 cm³/mol. The van der Waals surface area contributed by atoms with Crippen molar-refractivity contribution in [3.05, 3.63) is 66.1 Å². The Morgan fingerprint density at radius 1 is 0.971 bits per heavy atom. The number of carbonyl (C=O) groups is 1. The van der Waals surface area contributed by atoms with E-state index in [2.05, 4.69) is 4.98 Å². The lowest BCUT2D eigenvalue weighted by Gasteiger charge is -2.37. The molecule has 180 valence electrons. The summed E-state index contributed by atoms with van der Waals surface area (Å²) < 4.78 is 41.7. The van der Waals surface area contributed by atoms with Crippen molar-refractivity contribution < 1.29 is 22.7 Å². The number of aromatic nitrogens is 2. The Labute approximate surface area is 198 Å². The van der Waals surface area contributed by atoms with Crippen LogP contribution in [0.3, 0.4) is 0 Å². The summed E-state index contributed by atoms with van der Waals surface area (Å²) in [6, 6.07) is 12.8. The molecule has 0 atom stereocenters. The Kier molecular flexibility index (Phi) is 6.50. The number of hydrogen-bond acceptors (Lipinski definition) is 6. The minimum absolute atomic E-state index is 0.137. The van der Waals surface area contributed by atoms with Gasteiger partial charge in [0.05, 0.1) is 18.9 Å². The zero-order valence-electron chi connectivity index (χ0n) is 18.7. The molecule has 0 spiro atoms. The second-order valence-corrected chi connectivity index (χ2v) is 10.2. The predicted octanol–water partition coefficient (Wildman–Crippen LogP) is 1.25. The van der Waals surface area contributed by atoms with Gasteiger partial charge in [-0.3, -0.25) is 4.79 Å². The number of ether oxygens (including phenoxy) is 2. The largest absolute Gasteiger partial charge is 0.487 e. The fraction of sp³-hybridized carbons (Fsp3) is 0.391. The fourth-order valence-electron chi connectivity index (χ4n) is 4.18. The minimum Gasteiger partial charge on any atom is -0.487 e. The highest BCUT2D eigenvalue weighted by molar-refractivity contribution is 7.86. The summed E-state index contributed by atoms with van der Waals surface area (Å²) in [6.07, 6.45) is 3.84. The lowest BCUT2D eigenvalue weighted by atomic mass is 10.1. The van der Waals surface area contributed by atoms with Crippen molar-refractivity contribution in [2.75, 3.05) is 52.5 Å². The Bertz CT molecular complexity index is 1230. The molecular weight excluding hydrogens is 458 g/mol. The Morgan fingerprint density at radius 2 is 1.74 bits per heavy atom. The normalized spacial score (nSPS) is 18.3. The average Bonchev–Trinajstić information content (AvgIpc) is 3.31. The molecular formula is C23H27N5O5S. The molecule has 2 fully saturated rings. The van der Waals surface area contributed by atoms with E-state index in [9.17, 15) is 13.2 Å². The molecule has 0 saturated carbocycles. The molecule has 0 unspecified atom stereocenters. The first-order valence-corrected chi connectivity index (χ1v) is 12.7. The van der Waals surface area contributed by atoms with E-state index >= 15 is 0 Å². The van der Waals surface area contributed by atoms with Crippen LogP contribution < -0.4 is 4.74 Å². The maximum Gasteiger partial charge on any atom is 0.282 e. The zero-order valence-corrected chi connectivity index (χ0v) is 19.6. The Morgan fingerprint density at radius 3 is 2.50 bits per heavy atom.